The average Bonchev–Trinajstić information content (AvgIpc) is 2.84. The van der Waals surface area contributed by atoms with E-state index in [1.54, 1.807) is 4.90 Å². The van der Waals surface area contributed by atoms with E-state index in [2.05, 4.69) is 20.8 Å². The first-order valence-corrected chi connectivity index (χ1v) is 7.42. The fourth-order valence-corrected chi connectivity index (χ4v) is 2.80. The minimum Gasteiger partial charge on any atom is -0.481 e. The molecule has 1 fully saturated rings. The van der Waals surface area contributed by atoms with Gasteiger partial charge in [0, 0.05) is 18.2 Å². The number of carboxylic acid groups (broad SMARTS) is 1. The number of carbonyl (C=O) groups excluding carboxylic acids is 1. The number of amides is 1. The summed E-state index contributed by atoms with van der Waals surface area (Å²) < 4.78 is 0. The second-order valence-electron chi connectivity index (χ2n) is 6.72. The van der Waals surface area contributed by atoms with Crippen molar-refractivity contribution in [1.29, 1.82) is 0 Å². The summed E-state index contributed by atoms with van der Waals surface area (Å²) in [6, 6.07) is 7.49. The molecule has 21 heavy (non-hydrogen) atoms. The zero-order valence-electron chi connectivity index (χ0n) is 12.9. The first-order chi connectivity index (χ1) is 9.79. The number of hydrogen-bond acceptors (Lipinski definition) is 2. The minimum atomic E-state index is -0.845. The quantitative estimate of drug-likeness (QED) is 0.930. The van der Waals surface area contributed by atoms with Crippen molar-refractivity contribution in [2.75, 3.05) is 6.54 Å². The van der Waals surface area contributed by atoms with E-state index >= 15 is 0 Å². The zero-order valence-corrected chi connectivity index (χ0v) is 12.9. The van der Waals surface area contributed by atoms with Crippen molar-refractivity contribution < 1.29 is 14.7 Å². The maximum absolute atomic E-state index is 12.5. The number of rotatable bonds is 3. The van der Waals surface area contributed by atoms with Gasteiger partial charge < -0.3 is 10.0 Å². The normalized spacial score (nSPS) is 18.8. The summed E-state index contributed by atoms with van der Waals surface area (Å²) in [6.07, 6.45) is 1.69. The summed E-state index contributed by atoms with van der Waals surface area (Å²) >= 11 is 0. The van der Waals surface area contributed by atoms with E-state index in [1.807, 2.05) is 24.3 Å². The van der Waals surface area contributed by atoms with Crippen LogP contribution in [0.5, 0.6) is 0 Å². The largest absolute Gasteiger partial charge is 0.481 e. The Morgan fingerprint density at radius 2 is 1.86 bits per heavy atom. The van der Waals surface area contributed by atoms with Crippen LogP contribution in [0.3, 0.4) is 0 Å². The van der Waals surface area contributed by atoms with Crippen LogP contribution in [0.1, 0.15) is 56.0 Å². The molecule has 0 bridgehead atoms. The van der Waals surface area contributed by atoms with Crippen LogP contribution in [-0.2, 0) is 10.2 Å². The molecule has 0 aliphatic carbocycles. The van der Waals surface area contributed by atoms with Crippen molar-refractivity contribution >= 4 is 11.9 Å². The van der Waals surface area contributed by atoms with Crippen LogP contribution in [0.25, 0.3) is 0 Å². The van der Waals surface area contributed by atoms with Gasteiger partial charge in [0.05, 0.1) is 6.42 Å². The molecule has 0 radical (unpaired) electrons. The molecule has 1 amide bonds. The highest BCUT2D eigenvalue weighted by Gasteiger charge is 2.31. The Balaban J connectivity index is 2.14. The van der Waals surface area contributed by atoms with Crippen LogP contribution >= 0.6 is 0 Å². The lowest BCUT2D eigenvalue weighted by Crippen LogP contribution is -2.36. The lowest BCUT2D eigenvalue weighted by atomic mass is 9.86. The zero-order chi connectivity index (χ0) is 15.6. The van der Waals surface area contributed by atoms with Crippen LogP contribution < -0.4 is 0 Å². The molecule has 1 unspecified atom stereocenters. The van der Waals surface area contributed by atoms with Gasteiger partial charge in [-0.1, -0.05) is 32.9 Å². The number of likely N-dealkylation sites (tertiary alicyclic amines) is 1. The second kappa shape index (κ2) is 5.88. The summed E-state index contributed by atoms with van der Waals surface area (Å²) in [6.45, 7) is 7.05. The molecule has 1 atom stereocenters. The third kappa shape index (κ3) is 3.63. The van der Waals surface area contributed by atoms with Crippen LogP contribution in [0, 0.1) is 0 Å². The predicted molar refractivity (Wildman–Crippen MR) is 81.5 cm³/mol. The summed E-state index contributed by atoms with van der Waals surface area (Å²) in [5.41, 5.74) is 1.88. The topological polar surface area (TPSA) is 57.6 Å². The van der Waals surface area contributed by atoms with Crippen molar-refractivity contribution in [1.82, 2.24) is 4.90 Å². The van der Waals surface area contributed by atoms with Gasteiger partial charge >= 0.3 is 5.97 Å². The van der Waals surface area contributed by atoms with Crippen molar-refractivity contribution in [2.45, 2.75) is 51.5 Å². The number of carboxylic acids is 1. The van der Waals surface area contributed by atoms with Crippen LogP contribution in [0.2, 0.25) is 0 Å². The fourth-order valence-electron chi connectivity index (χ4n) is 2.80. The minimum absolute atomic E-state index is 0.0335. The highest BCUT2D eigenvalue weighted by molar-refractivity contribution is 5.95. The number of nitrogens with zero attached hydrogens (tertiary/aromatic N) is 1. The summed E-state index contributed by atoms with van der Waals surface area (Å²) in [5, 5.41) is 8.93. The van der Waals surface area contributed by atoms with Gasteiger partial charge in [-0.2, -0.15) is 0 Å². The van der Waals surface area contributed by atoms with Gasteiger partial charge in [-0.25, -0.2) is 0 Å². The molecule has 2 rings (SSSR count). The molecule has 1 aromatic carbocycles. The molecular formula is C17H23NO3. The van der Waals surface area contributed by atoms with Gasteiger partial charge in [0.2, 0.25) is 0 Å². The molecule has 114 valence electrons. The van der Waals surface area contributed by atoms with E-state index < -0.39 is 5.97 Å². The second-order valence-corrected chi connectivity index (χ2v) is 6.72. The molecule has 1 aliphatic rings. The molecule has 1 aromatic rings. The maximum atomic E-state index is 12.5. The summed E-state index contributed by atoms with van der Waals surface area (Å²) in [5.74, 6) is -0.901. The van der Waals surface area contributed by atoms with Crippen molar-refractivity contribution in [2.24, 2.45) is 0 Å². The number of aliphatic carboxylic acids is 1. The molecule has 0 aromatic heterocycles. The average molecular weight is 289 g/mol. The first kappa shape index (κ1) is 15.5. The van der Waals surface area contributed by atoms with E-state index in [0.29, 0.717) is 12.1 Å². The number of hydrogen-bond donors (Lipinski definition) is 1. The van der Waals surface area contributed by atoms with Crippen LogP contribution in [0.4, 0.5) is 0 Å². The predicted octanol–water partition coefficient (Wildman–Crippen LogP) is 3.06. The lowest BCUT2D eigenvalue weighted by Gasteiger charge is -2.24. The van der Waals surface area contributed by atoms with E-state index in [9.17, 15) is 9.59 Å². The Bertz CT molecular complexity index is 528. The van der Waals surface area contributed by atoms with Gasteiger partial charge in [0.15, 0.2) is 0 Å². The summed E-state index contributed by atoms with van der Waals surface area (Å²) in [4.78, 5) is 25.1. The molecular weight excluding hydrogens is 266 g/mol. The van der Waals surface area contributed by atoms with Crippen molar-refractivity contribution in [3.05, 3.63) is 35.4 Å². The molecule has 1 heterocycles. The van der Waals surface area contributed by atoms with Crippen LogP contribution in [0.15, 0.2) is 24.3 Å². The maximum Gasteiger partial charge on any atom is 0.305 e. The third-order valence-electron chi connectivity index (χ3n) is 4.05. The first-order valence-electron chi connectivity index (χ1n) is 7.42. The fraction of sp³-hybridized carbons (Fsp3) is 0.529. The van der Waals surface area contributed by atoms with Gasteiger partial charge in [-0.3, -0.25) is 9.59 Å². The van der Waals surface area contributed by atoms with E-state index in [0.717, 1.165) is 12.8 Å². The number of carbonyl (C=O) groups is 2. The van der Waals surface area contributed by atoms with Gasteiger partial charge in [-0.05, 0) is 36.0 Å². The van der Waals surface area contributed by atoms with Gasteiger partial charge in [-0.15, -0.1) is 0 Å². The van der Waals surface area contributed by atoms with Gasteiger partial charge in [0.25, 0.3) is 5.91 Å². The highest BCUT2D eigenvalue weighted by Crippen LogP contribution is 2.25. The molecule has 1 aliphatic heterocycles. The molecule has 0 saturated carbocycles. The monoisotopic (exact) mass is 289 g/mol. The molecule has 4 nitrogen and oxygen atoms in total. The molecule has 1 N–H and O–H groups in total. The molecule has 1 saturated heterocycles. The van der Waals surface area contributed by atoms with Crippen molar-refractivity contribution in [3.63, 3.8) is 0 Å². The van der Waals surface area contributed by atoms with E-state index in [1.165, 1.54) is 5.56 Å². The van der Waals surface area contributed by atoms with E-state index in [4.69, 9.17) is 5.11 Å². The Morgan fingerprint density at radius 3 is 2.38 bits per heavy atom. The molecule has 4 heteroatoms. The number of benzene rings is 1. The van der Waals surface area contributed by atoms with Crippen LogP contribution in [-0.4, -0.2) is 34.5 Å². The Kier molecular flexibility index (Phi) is 4.35. The van der Waals surface area contributed by atoms with E-state index in [-0.39, 0.29) is 23.8 Å². The standard InChI is InChI=1S/C17H23NO3/c1-17(2,3)13-8-6-12(7-9-13)16(21)18-10-4-5-14(18)11-15(19)20/h6-9,14H,4-5,10-11H2,1-3H3,(H,19,20). The Labute approximate surface area is 125 Å². The SMILES string of the molecule is CC(C)(C)c1ccc(C(=O)N2CCCC2CC(=O)O)cc1. The summed E-state index contributed by atoms with van der Waals surface area (Å²) in [7, 11) is 0. The highest BCUT2D eigenvalue weighted by atomic mass is 16.4. The van der Waals surface area contributed by atoms with Crippen molar-refractivity contribution in [3.8, 4) is 0 Å². The Morgan fingerprint density at radius 1 is 1.24 bits per heavy atom. The van der Waals surface area contributed by atoms with Gasteiger partial charge in [0.1, 0.15) is 0 Å². The Hall–Kier alpha value is -1.84. The third-order valence-corrected chi connectivity index (χ3v) is 4.05. The lowest BCUT2D eigenvalue weighted by molar-refractivity contribution is -0.137. The molecule has 0 spiro atoms. The smallest absolute Gasteiger partial charge is 0.305 e.